The lowest BCUT2D eigenvalue weighted by Gasteiger charge is -2.37. The van der Waals surface area contributed by atoms with Gasteiger partial charge in [0.2, 0.25) is 0 Å². The van der Waals surface area contributed by atoms with E-state index in [2.05, 4.69) is 33.0 Å². The maximum atomic E-state index is 13.3. The van der Waals surface area contributed by atoms with Gasteiger partial charge in [-0.1, -0.05) is 18.5 Å². The Bertz CT molecular complexity index is 1090. The van der Waals surface area contributed by atoms with Crippen molar-refractivity contribution in [2.24, 2.45) is 5.92 Å². The molecule has 1 saturated carbocycles. The first-order valence-corrected chi connectivity index (χ1v) is 10.5. The Morgan fingerprint density at radius 1 is 1.21 bits per heavy atom. The maximum absolute atomic E-state index is 13.3. The first-order valence-electron chi connectivity index (χ1n) is 10.1. The number of carbonyl (C=O) groups excluding carboxylic acids is 1. The molecule has 2 fully saturated rings. The molecule has 0 spiro atoms. The Morgan fingerprint density at radius 3 is 2.83 bits per heavy atom. The molecule has 150 valence electrons. The predicted molar refractivity (Wildman–Crippen MR) is 109 cm³/mol. The van der Waals surface area contributed by atoms with Gasteiger partial charge in [0.25, 0.3) is 11.7 Å². The minimum Gasteiger partial charge on any atom is -0.338 e. The minimum absolute atomic E-state index is 0.0168. The van der Waals surface area contributed by atoms with Crippen LogP contribution < -0.4 is 0 Å². The van der Waals surface area contributed by atoms with Crippen LogP contribution in [0.4, 0.5) is 0 Å². The molecular formula is C21H23ClN6O. The minimum atomic E-state index is -0.0168. The van der Waals surface area contributed by atoms with Gasteiger partial charge in [-0.05, 0) is 44.2 Å². The van der Waals surface area contributed by atoms with Gasteiger partial charge >= 0.3 is 0 Å². The number of hydrogen-bond acceptors (Lipinski definition) is 5. The molecule has 1 aliphatic heterocycles. The normalized spacial score (nSPS) is 22.2. The molecule has 3 aromatic rings. The van der Waals surface area contributed by atoms with Gasteiger partial charge < -0.3 is 4.90 Å². The van der Waals surface area contributed by atoms with Crippen LogP contribution in [0.15, 0.2) is 24.7 Å². The number of carbonyl (C=O) groups is 1. The summed E-state index contributed by atoms with van der Waals surface area (Å²) in [4.78, 5) is 28.4. The van der Waals surface area contributed by atoms with E-state index in [0.29, 0.717) is 34.7 Å². The van der Waals surface area contributed by atoms with E-state index < -0.39 is 0 Å². The third-order valence-electron chi connectivity index (χ3n) is 6.14. The van der Waals surface area contributed by atoms with Crippen molar-refractivity contribution < 1.29 is 4.79 Å². The van der Waals surface area contributed by atoms with Crippen molar-refractivity contribution in [3.8, 4) is 0 Å². The molecule has 2 aliphatic rings. The Hall–Kier alpha value is -2.54. The van der Waals surface area contributed by atoms with E-state index in [1.54, 1.807) is 10.7 Å². The van der Waals surface area contributed by atoms with Gasteiger partial charge in [-0.15, -0.1) is 0 Å². The molecule has 0 bridgehead atoms. The molecular weight excluding hydrogens is 388 g/mol. The number of rotatable bonds is 3. The second-order valence-electron chi connectivity index (χ2n) is 8.28. The van der Waals surface area contributed by atoms with Crippen molar-refractivity contribution in [3.05, 3.63) is 52.3 Å². The number of pyridine rings is 1. The van der Waals surface area contributed by atoms with Crippen molar-refractivity contribution >= 4 is 23.3 Å². The molecule has 1 aliphatic carbocycles. The average molecular weight is 411 g/mol. The summed E-state index contributed by atoms with van der Waals surface area (Å²) < 4.78 is 1.80. The lowest BCUT2D eigenvalue weighted by molar-refractivity contribution is 0.0666. The van der Waals surface area contributed by atoms with E-state index in [9.17, 15) is 4.79 Å². The SMILES string of the molecule is Cc1cc([C@@H]2CN(C(=O)c3cc(C4CC4)ncc3Cl)CC[C@H]2C)n2ncnc2n1. The monoisotopic (exact) mass is 410 g/mol. The summed E-state index contributed by atoms with van der Waals surface area (Å²) in [6, 6.07) is 3.95. The summed E-state index contributed by atoms with van der Waals surface area (Å²) in [7, 11) is 0. The van der Waals surface area contributed by atoms with E-state index in [4.69, 9.17) is 11.6 Å². The van der Waals surface area contributed by atoms with Gasteiger partial charge in [0.1, 0.15) is 6.33 Å². The fraction of sp³-hybridized carbons (Fsp3) is 0.476. The van der Waals surface area contributed by atoms with Crippen LogP contribution in [0.2, 0.25) is 5.02 Å². The van der Waals surface area contributed by atoms with Gasteiger partial charge in [-0.25, -0.2) is 9.50 Å². The number of likely N-dealkylation sites (tertiary alicyclic amines) is 1. The van der Waals surface area contributed by atoms with Crippen LogP contribution in [0.1, 0.15) is 65.5 Å². The van der Waals surface area contributed by atoms with E-state index in [1.807, 2.05) is 17.9 Å². The molecule has 7 nitrogen and oxygen atoms in total. The summed E-state index contributed by atoms with van der Waals surface area (Å²) in [5.74, 6) is 1.64. The Balaban J connectivity index is 1.46. The Morgan fingerprint density at radius 2 is 2.03 bits per heavy atom. The first kappa shape index (κ1) is 18.5. The molecule has 4 heterocycles. The van der Waals surface area contributed by atoms with E-state index >= 15 is 0 Å². The number of amides is 1. The highest BCUT2D eigenvalue weighted by Gasteiger charge is 2.34. The highest BCUT2D eigenvalue weighted by molar-refractivity contribution is 6.33. The highest BCUT2D eigenvalue weighted by Crippen LogP contribution is 2.40. The van der Waals surface area contributed by atoms with Crippen LogP contribution in [0, 0.1) is 12.8 Å². The summed E-state index contributed by atoms with van der Waals surface area (Å²) in [6.45, 7) is 5.54. The zero-order chi connectivity index (χ0) is 20.1. The second-order valence-corrected chi connectivity index (χ2v) is 8.69. The zero-order valence-corrected chi connectivity index (χ0v) is 17.3. The highest BCUT2D eigenvalue weighted by atomic mass is 35.5. The van der Waals surface area contributed by atoms with Crippen LogP contribution >= 0.6 is 11.6 Å². The molecule has 1 amide bonds. The van der Waals surface area contributed by atoms with E-state index in [-0.39, 0.29) is 11.8 Å². The average Bonchev–Trinajstić information content (AvgIpc) is 3.45. The summed E-state index contributed by atoms with van der Waals surface area (Å²) in [6.07, 6.45) is 6.35. The maximum Gasteiger partial charge on any atom is 0.255 e. The van der Waals surface area contributed by atoms with E-state index in [0.717, 1.165) is 42.9 Å². The quantitative estimate of drug-likeness (QED) is 0.659. The van der Waals surface area contributed by atoms with Crippen LogP contribution in [-0.2, 0) is 0 Å². The molecule has 2 atom stereocenters. The van der Waals surface area contributed by atoms with Crippen LogP contribution in [0.25, 0.3) is 5.78 Å². The van der Waals surface area contributed by atoms with Crippen molar-refractivity contribution in [1.29, 1.82) is 0 Å². The summed E-state index contributed by atoms with van der Waals surface area (Å²) >= 11 is 6.36. The first-order chi connectivity index (χ1) is 14.0. The van der Waals surface area contributed by atoms with Crippen molar-refractivity contribution in [2.45, 2.75) is 44.9 Å². The third-order valence-corrected chi connectivity index (χ3v) is 6.44. The fourth-order valence-corrected chi connectivity index (χ4v) is 4.44. The number of piperidine rings is 1. The topological polar surface area (TPSA) is 76.3 Å². The fourth-order valence-electron chi connectivity index (χ4n) is 4.25. The number of fused-ring (bicyclic) bond motifs is 1. The lowest BCUT2D eigenvalue weighted by Crippen LogP contribution is -2.42. The zero-order valence-electron chi connectivity index (χ0n) is 16.5. The smallest absolute Gasteiger partial charge is 0.255 e. The van der Waals surface area contributed by atoms with Gasteiger partial charge in [-0.3, -0.25) is 9.78 Å². The lowest BCUT2D eigenvalue weighted by atomic mass is 9.84. The van der Waals surface area contributed by atoms with Gasteiger partial charge in [0, 0.05) is 42.5 Å². The van der Waals surface area contributed by atoms with E-state index in [1.165, 1.54) is 6.33 Å². The molecule has 5 rings (SSSR count). The summed E-state index contributed by atoms with van der Waals surface area (Å²) in [5, 5.41) is 4.78. The standard InChI is InChI=1S/C21H23ClN6O/c1-12-5-6-27(20(29)15-8-18(14-3-4-14)23-9-17(15)22)10-16(12)19-7-13(2)26-21-24-11-25-28(19)21/h7-9,11-12,14,16H,3-6,10H2,1-2H3/t12-,16-/m1/s1. The van der Waals surface area contributed by atoms with Crippen LogP contribution in [0.5, 0.6) is 0 Å². The summed E-state index contributed by atoms with van der Waals surface area (Å²) in [5.41, 5.74) is 3.50. The molecule has 0 radical (unpaired) electrons. The van der Waals surface area contributed by atoms with Crippen molar-refractivity contribution in [2.75, 3.05) is 13.1 Å². The number of nitrogens with zero attached hydrogens (tertiary/aromatic N) is 6. The van der Waals surface area contributed by atoms with Crippen molar-refractivity contribution in [1.82, 2.24) is 29.5 Å². The molecule has 0 N–H and O–H groups in total. The number of hydrogen-bond donors (Lipinski definition) is 0. The molecule has 0 unspecified atom stereocenters. The number of aryl methyl sites for hydroxylation is 1. The third kappa shape index (κ3) is 3.37. The van der Waals surface area contributed by atoms with Gasteiger partial charge in [0.05, 0.1) is 16.3 Å². The number of aromatic nitrogens is 5. The van der Waals surface area contributed by atoms with Gasteiger partial charge in [-0.2, -0.15) is 10.1 Å². The molecule has 8 heteroatoms. The molecule has 1 saturated heterocycles. The Labute approximate surface area is 174 Å². The van der Waals surface area contributed by atoms with Crippen molar-refractivity contribution in [3.63, 3.8) is 0 Å². The largest absolute Gasteiger partial charge is 0.338 e. The predicted octanol–water partition coefficient (Wildman–Crippen LogP) is 3.62. The molecule has 0 aromatic carbocycles. The second kappa shape index (κ2) is 7.06. The number of halogens is 1. The van der Waals surface area contributed by atoms with Crippen LogP contribution in [-0.4, -0.2) is 48.5 Å². The van der Waals surface area contributed by atoms with Gasteiger partial charge in [0.15, 0.2) is 0 Å². The molecule has 3 aromatic heterocycles. The molecule has 29 heavy (non-hydrogen) atoms. The Kier molecular flexibility index (Phi) is 4.50. The van der Waals surface area contributed by atoms with Crippen LogP contribution in [0.3, 0.4) is 0 Å².